The van der Waals surface area contributed by atoms with Gasteiger partial charge < -0.3 is 15.5 Å². The molecule has 2 heterocycles. The van der Waals surface area contributed by atoms with E-state index >= 15 is 0 Å². The second kappa shape index (κ2) is 9.59. The topological polar surface area (TPSA) is 52.6 Å². The third-order valence-electron chi connectivity index (χ3n) is 5.68. The summed E-state index contributed by atoms with van der Waals surface area (Å²) < 4.78 is 15.2. The summed E-state index contributed by atoms with van der Waals surface area (Å²) in [6, 6.07) is 11.7. The molecule has 0 amide bonds. The zero-order chi connectivity index (χ0) is 19.6. The predicted molar refractivity (Wildman–Crippen MR) is 130 cm³/mol. The van der Waals surface area contributed by atoms with Crippen LogP contribution in [-0.2, 0) is 5.41 Å². The van der Waals surface area contributed by atoms with Gasteiger partial charge in [-0.3, -0.25) is 4.99 Å². The van der Waals surface area contributed by atoms with Gasteiger partial charge in [-0.05, 0) is 43.0 Å². The number of hydrogen-bond donors (Lipinski definition) is 2. The Morgan fingerprint density at radius 1 is 1.31 bits per heavy atom. The van der Waals surface area contributed by atoms with Crippen molar-refractivity contribution >= 4 is 51.7 Å². The lowest BCUT2D eigenvalue weighted by Crippen LogP contribution is -2.46. The van der Waals surface area contributed by atoms with Crippen molar-refractivity contribution in [2.45, 2.75) is 30.7 Å². The molecular formula is C21H26BrFIN5. The first-order valence-electron chi connectivity index (χ1n) is 9.69. The number of aliphatic imine (C=N–C) groups is 1. The number of rotatable bonds is 5. The Balaban J connectivity index is 0.00000240. The molecule has 1 unspecified atom stereocenters. The molecule has 2 aliphatic rings. The summed E-state index contributed by atoms with van der Waals surface area (Å²) in [4.78, 5) is 10.6. The Hall–Kier alpha value is -1.42. The summed E-state index contributed by atoms with van der Waals surface area (Å²) in [7, 11) is 1.79. The zero-order valence-electron chi connectivity index (χ0n) is 16.4. The highest BCUT2D eigenvalue weighted by Gasteiger charge is 2.45. The third kappa shape index (κ3) is 5.02. The fraction of sp³-hybridized carbons (Fsp3) is 0.429. The van der Waals surface area contributed by atoms with E-state index in [1.165, 1.54) is 28.9 Å². The molecule has 1 saturated heterocycles. The summed E-state index contributed by atoms with van der Waals surface area (Å²) in [5.41, 5.74) is 1.53. The summed E-state index contributed by atoms with van der Waals surface area (Å²) in [6.07, 6.45) is 4.91. The molecule has 1 atom stereocenters. The molecule has 0 radical (unpaired) electrons. The number of anilines is 1. The van der Waals surface area contributed by atoms with Gasteiger partial charge in [-0.15, -0.1) is 24.0 Å². The van der Waals surface area contributed by atoms with Gasteiger partial charge in [0.1, 0.15) is 0 Å². The first kappa shape index (κ1) is 22.3. The van der Waals surface area contributed by atoms with Crippen LogP contribution in [0.5, 0.6) is 0 Å². The molecule has 1 aliphatic carbocycles. The maximum Gasteiger partial charge on any atom is 0.191 e. The van der Waals surface area contributed by atoms with Gasteiger partial charge in [-0.25, -0.2) is 9.37 Å². The summed E-state index contributed by atoms with van der Waals surface area (Å²) in [5, 5.41) is 6.99. The van der Waals surface area contributed by atoms with Crippen molar-refractivity contribution in [3.8, 4) is 0 Å². The second-order valence-electron chi connectivity index (χ2n) is 7.57. The van der Waals surface area contributed by atoms with Crippen LogP contribution in [0.25, 0.3) is 0 Å². The monoisotopic (exact) mass is 573 g/mol. The molecule has 0 spiro atoms. The Morgan fingerprint density at radius 2 is 2.10 bits per heavy atom. The number of nitrogens with one attached hydrogen (secondary N) is 2. The van der Waals surface area contributed by atoms with Crippen molar-refractivity contribution in [2.24, 2.45) is 4.99 Å². The number of aromatic nitrogens is 1. The van der Waals surface area contributed by atoms with Crippen LogP contribution in [0.2, 0.25) is 0 Å². The quantitative estimate of drug-likeness (QED) is 0.322. The molecule has 1 aromatic carbocycles. The highest BCUT2D eigenvalue weighted by Crippen LogP contribution is 2.49. The van der Waals surface area contributed by atoms with Crippen molar-refractivity contribution in [1.29, 1.82) is 0 Å². The lowest BCUT2D eigenvalue weighted by molar-refractivity contribution is 0.605. The SMILES string of the molecule is CN=C(NCC1(c2ccccc2Br)CC1)NC1CCN(c2ncccc2F)C1.I. The van der Waals surface area contributed by atoms with Crippen LogP contribution in [0.1, 0.15) is 24.8 Å². The molecule has 4 rings (SSSR count). The van der Waals surface area contributed by atoms with Crippen molar-refractivity contribution in [2.75, 3.05) is 31.6 Å². The molecule has 2 fully saturated rings. The van der Waals surface area contributed by atoms with E-state index in [2.05, 4.69) is 54.7 Å². The molecule has 29 heavy (non-hydrogen) atoms. The molecule has 1 aromatic heterocycles. The summed E-state index contributed by atoms with van der Waals surface area (Å²) in [5.74, 6) is 0.960. The van der Waals surface area contributed by atoms with Gasteiger partial charge in [0.15, 0.2) is 17.6 Å². The number of benzene rings is 1. The maximum atomic E-state index is 14.0. The fourth-order valence-corrected chi connectivity index (χ4v) is 4.61. The van der Waals surface area contributed by atoms with E-state index in [0.717, 1.165) is 25.5 Å². The van der Waals surface area contributed by atoms with E-state index in [1.807, 2.05) is 11.0 Å². The zero-order valence-corrected chi connectivity index (χ0v) is 20.3. The molecule has 1 aliphatic heterocycles. The maximum absolute atomic E-state index is 14.0. The third-order valence-corrected chi connectivity index (χ3v) is 6.38. The number of hydrogen-bond acceptors (Lipinski definition) is 3. The summed E-state index contributed by atoms with van der Waals surface area (Å²) >= 11 is 3.69. The molecule has 2 N–H and O–H groups in total. The standard InChI is InChI=1S/C21H25BrFN5.HI/c1-24-20(26-14-21(9-10-21)16-5-2-3-6-17(16)22)27-15-8-12-28(13-15)19-18(23)7-4-11-25-19;/h2-7,11,15H,8-10,12-14H2,1H3,(H2,24,26,27);1H. The van der Waals surface area contributed by atoms with Gasteiger partial charge in [0.05, 0.1) is 0 Å². The van der Waals surface area contributed by atoms with E-state index < -0.39 is 0 Å². The first-order chi connectivity index (χ1) is 13.6. The minimum atomic E-state index is -0.269. The smallest absolute Gasteiger partial charge is 0.191 e. The van der Waals surface area contributed by atoms with Gasteiger partial charge in [-0.2, -0.15) is 0 Å². The van der Waals surface area contributed by atoms with Crippen molar-refractivity contribution in [3.63, 3.8) is 0 Å². The normalized spacial score (nSPS) is 20.2. The molecule has 8 heteroatoms. The van der Waals surface area contributed by atoms with Crippen LogP contribution >= 0.6 is 39.9 Å². The Bertz CT molecular complexity index is 874. The number of pyridine rings is 1. The van der Waals surface area contributed by atoms with E-state index in [-0.39, 0.29) is 41.3 Å². The number of nitrogens with zero attached hydrogens (tertiary/aromatic N) is 3. The van der Waals surface area contributed by atoms with Crippen LogP contribution in [0.15, 0.2) is 52.1 Å². The van der Waals surface area contributed by atoms with Crippen LogP contribution in [-0.4, -0.2) is 43.7 Å². The lowest BCUT2D eigenvalue weighted by atomic mass is 9.96. The molecule has 5 nitrogen and oxygen atoms in total. The van der Waals surface area contributed by atoms with Gasteiger partial charge >= 0.3 is 0 Å². The average molecular weight is 574 g/mol. The van der Waals surface area contributed by atoms with Gasteiger partial charge in [0, 0.05) is 48.8 Å². The Kier molecular flexibility index (Phi) is 7.37. The molecule has 2 aromatic rings. The first-order valence-corrected chi connectivity index (χ1v) is 10.5. The van der Waals surface area contributed by atoms with Crippen molar-refractivity contribution in [3.05, 3.63) is 58.4 Å². The van der Waals surface area contributed by atoms with Crippen LogP contribution in [0.4, 0.5) is 10.2 Å². The van der Waals surface area contributed by atoms with E-state index in [1.54, 1.807) is 19.3 Å². The van der Waals surface area contributed by atoms with Crippen LogP contribution in [0, 0.1) is 5.82 Å². The van der Waals surface area contributed by atoms with E-state index in [9.17, 15) is 4.39 Å². The number of halogens is 3. The van der Waals surface area contributed by atoms with Crippen LogP contribution in [0.3, 0.4) is 0 Å². The van der Waals surface area contributed by atoms with Gasteiger partial charge in [0.2, 0.25) is 0 Å². The molecule has 0 bridgehead atoms. The lowest BCUT2D eigenvalue weighted by Gasteiger charge is -2.22. The molecule has 1 saturated carbocycles. The predicted octanol–water partition coefficient (Wildman–Crippen LogP) is 4.08. The molecule has 156 valence electrons. The average Bonchev–Trinajstić information content (AvgIpc) is 3.35. The van der Waals surface area contributed by atoms with Crippen LogP contribution < -0.4 is 15.5 Å². The van der Waals surface area contributed by atoms with E-state index in [0.29, 0.717) is 12.4 Å². The van der Waals surface area contributed by atoms with Crippen molar-refractivity contribution in [1.82, 2.24) is 15.6 Å². The Morgan fingerprint density at radius 3 is 2.79 bits per heavy atom. The largest absolute Gasteiger partial charge is 0.356 e. The Labute approximate surface area is 196 Å². The number of guanidine groups is 1. The minimum Gasteiger partial charge on any atom is -0.356 e. The van der Waals surface area contributed by atoms with Crippen molar-refractivity contribution < 1.29 is 4.39 Å². The second-order valence-corrected chi connectivity index (χ2v) is 8.43. The van der Waals surface area contributed by atoms with E-state index in [4.69, 9.17) is 0 Å². The fourth-order valence-electron chi connectivity index (χ4n) is 3.90. The molecular weight excluding hydrogens is 548 g/mol. The summed E-state index contributed by atoms with van der Waals surface area (Å²) in [6.45, 7) is 2.34. The highest BCUT2D eigenvalue weighted by atomic mass is 127. The van der Waals surface area contributed by atoms with Gasteiger partial charge in [-0.1, -0.05) is 34.1 Å². The minimum absolute atomic E-state index is 0. The highest BCUT2D eigenvalue weighted by molar-refractivity contribution is 14.0. The van der Waals surface area contributed by atoms with Gasteiger partial charge in [0.25, 0.3) is 0 Å².